The van der Waals surface area contributed by atoms with Crippen LogP contribution in [0.5, 0.6) is 11.5 Å². The molecule has 2 aliphatic rings. The quantitative estimate of drug-likeness (QED) is 0.647. The van der Waals surface area contributed by atoms with Gasteiger partial charge in [0.05, 0.1) is 11.9 Å². The second kappa shape index (κ2) is 7.63. The minimum atomic E-state index is -3.57. The lowest BCUT2D eigenvalue weighted by molar-refractivity contribution is -0.120. The largest absolute Gasteiger partial charge is 0.454 e. The zero-order valence-corrected chi connectivity index (χ0v) is 18.2. The fourth-order valence-corrected chi connectivity index (χ4v) is 5.51. The minimum Gasteiger partial charge on any atom is -0.454 e. The Hall–Kier alpha value is -2.95. The highest BCUT2D eigenvalue weighted by atomic mass is 32.2. The molecule has 0 radical (unpaired) electrons. The van der Waals surface area contributed by atoms with E-state index in [4.69, 9.17) is 9.47 Å². The fraction of sp³-hybridized carbons (Fsp3) is 0.238. The molecule has 31 heavy (non-hydrogen) atoms. The molecule has 0 spiro atoms. The first-order chi connectivity index (χ1) is 14.9. The predicted octanol–water partition coefficient (Wildman–Crippen LogP) is 2.86. The number of rotatable bonds is 4. The van der Waals surface area contributed by atoms with Crippen molar-refractivity contribution >= 4 is 32.4 Å². The molecule has 0 unspecified atom stereocenters. The third kappa shape index (κ3) is 3.89. The van der Waals surface area contributed by atoms with E-state index >= 15 is 0 Å². The van der Waals surface area contributed by atoms with Crippen LogP contribution in [0.25, 0.3) is 11.3 Å². The van der Waals surface area contributed by atoms with Gasteiger partial charge in [0.15, 0.2) is 16.6 Å². The summed E-state index contributed by atoms with van der Waals surface area (Å²) in [7, 11) is -3.57. The number of benzene rings is 2. The highest BCUT2D eigenvalue weighted by Gasteiger charge is 2.37. The summed E-state index contributed by atoms with van der Waals surface area (Å²) < 4.78 is 36.7. The topological polar surface area (TPSA) is 97.8 Å². The molecule has 3 aromatic rings. The Morgan fingerprint density at radius 2 is 1.94 bits per heavy atom. The van der Waals surface area contributed by atoms with Gasteiger partial charge in [0, 0.05) is 17.5 Å². The van der Waals surface area contributed by atoms with Crippen LogP contribution >= 0.6 is 11.3 Å². The zero-order valence-electron chi connectivity index (χ0n) is 16.6. The van der Waals surface area contributed by atoms with Crippen LogP contribution in [0.1, 0.15) is 11.1 Å². The molecule has 5 rings (SSSR count). The summed E-state index contributed by atoms with van der Waals surface area (Å²) in [4.78, 5) is 17.5. The molecule has 2 aliphatic heterocycles. The maximum absolute atomic E-state index is 13.0. The Labute approximate surface area is 183 Å². The molecule has 160 valence electrons. The van der Waals surface area contributed by atoms with Crippen molar-refractivity contribution in [2.24, 2.45) is 0 Å². The van der Waals surface area contributed by atoms with Crippen molar-refractivity contribution < 1.29 is 22.7 Å². The van der Waals surface area contributed by atoms with E-state index in [1.165, 1.54) is 15.6 Å². The Bertz CT molecular complexity index is 1270. The summed E-state index contributed by atoms with van der Waals surface area (Å²) in [6.07, 6.45) is 1.44. The number of aromatic nitrogens is 1. The lowest BCUT2D eigenvalue weighted by atomic mass is 9.95. The molecule has 0 saturated heterocycles. The fourth-order valence-electron chi connectivity index (χ4n) is 3.78. The van der Waals surface area contributed by atoms with Gasteiger partial charge < -0.3 is 14.8 Å². The maximum atomic E-state index is 13.0. The van der Waals surface area contributed by atoms with Crippen LogP contribution in [0.2, 0.25) is 0 Å². The number of sulfonamides is 1. The van der Waals surface area contributed by atoms with Gasteiger partial charge in [-0.2, -0.15) is 4.31 Å². The molecule has 8 nitrogen and oxygen atoms in total. The Morgan fingerprint density at radius 3 is 2.74 bits per heavy atom. The predicted molar refractivity (Wildman–Crippen MR) is 117 cm³/mol. The van der Waals surface area contributed by atoms with E-state index in [2.05, 4.69) is 10.3 Å². The first-order valence-electron chi connectivity index (χ1n) is 9.58. The highest BCUT2D eigenvalue weighted by molar-refractivity contribution is 7.88. The lowest BCUT2D eigenvalue weighted by Gasteiger charge is -2.33. The van der Waals surface area contributed by atoms with Gasteiger partial charge in [-0.3, -0.25) is 4.79 Å². The number of hydrogen-bond acceptors (Lipinski definition) is 7. The normalized spacial score (nSPS) is 17.9. The second-order valence-electron chi connectivity index (χ2n) is 7.39. The molecule has 0 fully saturated rings. The number of nitrogens with one attached hydrogen (secondary N) is 1. The van der Waals surface area contributed by atoms with Gasteiger partial charge in [-0.15, -0.1) is 11.3 Å². The Balaban J connectivity index is 1.37. The van der Waals surface area contributed by atoms with Gasteiger partial charge in [0.2, 0.25) is 22.7 Å². The third-order valence-electron chi connectivity index (χ3n) is 5.34. The smallest absolute Gasteiger partial charge is 0.244 e. The third-order valence-corrected chi connectivity index (χ3v) is 7.33. The van der Waals surface area contributed by atoms with E-state index in [0.717, 1.165) is 22.9 Å². The van der Waals surface area contributed by atoms with E-state index < -0.39 is 22.0 Å². The van der Waals surface area contributed by atoms with Crippen molar-refractivity contribution in [1.82, 2.24) is 9.29 Å². The minimum absolute atomic E-state index is 0.174. The van der Waals surface area contributed by atoms with Gasteiger partial charge in [-0.1, -0.05) is 24.3 Å². The van der Waals surface area contributed by atoms with Gasteiger partial charge in [0.25, 0.3) is 0 Å². The van der Waals surface area contributed by atoms with Crippen LogP contribution in [0.4, 0.5) is 5.13 Å². The van der Waals surface area contributed by atoms with Gasteiger partial charge in [-0.05, 0) is 35.7 Å². The molecule has 3 heterocycles. The summed E-state index contributed by atoms with van der Waals surface area (Å²) >= 11 is 1.28. The number of nitrogens with zero attached hydrogens (tertiary/aromatic N) is 2. The first kappa shape index (κ1) is 20.0. The first-order valence-corrected chi connectivity index (χ1v) is 12.3. The van der Waals surface area contributed by atoms with E-state index in [-0.39, 0.29) is 13.3 Å². The van der Waals surface area contributed by atoms with Crippen LogP contribution in [0.3, 0.4) is 0 Å². The lowest BCUT2D eigenvalue weighted by Crippen LogP contribution is -2.50. The number of ether oxygens (including phenoxy) is 2. The molecular weight excluding hydrogens is 438 g/mol. The monoisotopic (exact) mass is 457 g/mol. The highest BCUT2D eigenvalue weighted by Crippen LogP contribution is 2.36. The molecule has 1 N–H and O–H groups in total. The molecule has 1 amide bonds. The molecule has 0 saturated carbocycles. The molecule has 1 aromatic heterocycles. The number of carbonyl (C=O) groups excluding carboxylic acids is 1. The van der Waals surface area contributed by atoms with Gasteiger partial charge in [0.1, 0.15) is 6.04 Å². The molecule has 10 heteroatoms. The summed E-state index contributed by atoms with van der Waals surface area (Å²) in [6, 6.07) is 12.3. The number of anilines is 1. The van der Waals surface area contributed by atoms with Crippen molar-refractivity contribution in [1.29, 1.82) is 0 Å². The summed E-state index contributed by atoms with van der Waals surface area (Å²) in [5.74, 6) is 0.943. The van der Waals surface area contributed by atoms with Crippen LogP contribution in [-0.4, -0.2) is 42.7 Å². The van der Waals surface area contributed by atoms with E-state index in [1.54, 1.807) is 0 Å². The summed E-state index contributed by atoms with van der Waals surface area (Å²) in [6.45, 7) is 0.367. The van der Waals surface area contributed by atoms with Crippen LogP contribution in [0, 0.1) is 0 Å². The molecule has 0 bridgehead atoms. The standard InChI is InChI=1S/C21H19N3O5S2/c1-31(26,27)24-10-15-5-3-2-4-13(15)8-17(24)20(25)23-21-22-16(11-30-21)14-6-7-18-19(9-14)29-12-28-18/h2-7,9,11,17H,8,10,12H2,1H3,(H,22,23,25)/t17-/m1/s1. The summed E-state index contributed by atoms with van der Waals surface area (Å²) in [5, 5.41) is 5.03. The Kier molecular flexibility index (Phi) is 4.92. The van der Waals surface area contributed by atoms with E-state index in [9.17, 15) is 13.2 Å². The van der Waals surface area contributed by atoms with Crippen molar-refractivity contribution in [3.05, 3.63) is 59.0 Å². The molecule has 2 aromatic carbocycles. The maximum Gasteiger partial charge on any atom is 0.244 e. The molecule has 0 aliphatic carbocycles. The zero-order chi connectivity index (χ0) is 21.6. The Morgan fingerprint density at radius 1 is 1.16 bits per heavy atom. The van der Waals surface area contributed by atoms with Crippen molar-refractivity contribution in [3.8, 4) is 22.8 Å². The van der Waals surface area contributed by atoms with Gasteiger partial charge in [-0.25, -0.2) is 13.4 Å². The molecular formula is C21H19N3O5S2. The number of carbonyl (C=O) groups is 1. The van der Waals surface area contributed by atoms with Crippen LogP contribution in [0.15, 0.2) is 47.8 Å². The number of fused-ring (bicyclic) bond motifs is 2. The number of hydrogen-bond donors (Lipinski definition) is 1. The number of thiazole rings is 1. The van der Waals surface area contributed by atoms with Crippen molar-refractivity contribution in [3.63, 3.8) is 0 Å². The van der Waals surface area contributed by atoms with Crippen LogP contribution < -0.4 is 14.8 Å². The van der Waals surface area contributed by atoms with E-state index in [1.807, 2.05) is 47.8 Å². The van der Waals surface area contributed by atoms with Crippen LogP contribution in [-0.2, 0) is 27.8 Å². The average molecular weight is 458 g/mol. The van der Waals surface area contributed by atoms with E-state index in [0.29, 0.717) is 28.7 Å². The summed E-state index contributed by atoms with van der Waals surface area (Å²) in [5.41, 5.74) is 3.41. The molecule has 1 atom stereocenters. The SMILES string of the molecule is CS(=O)(=O)N1Cc2ccccc2C[C@@H]1C(=O)Nc1nc(-c2ccc3c(c2)OCO3)cs1. The van der Waals surface area contributed by atoms with Gasteiger partial charge >= 0.3 is 0 Å². The van der Waals surface area contributed by atoms with Crippen molar-refractivity contribution in [2.75, 3.05) is 18.4 Å². The van der Waals surface area contributed by atoms with Crippen molar-refractivity contribution in [2.45, 2.75) is 19.0 Å². The second-order valence-corrected chi connectivity index (χ2v) is 10.2. The average Bonchev–Trinajstić information content (AvgIpc) is 3.41. The number of amides is 1.